The Kier molecular flexibility index (Phi) is 3.87. The van der Waals surface area contributed by atoms with E-state index in [0.717, 1.165) is 16.8 Å². The van der Waals surface area contributed by atoms with Crippen LogP contribution in [0.1, 0.15) is 16.7 Å². The summed E-state index contributed by atoms with van der Waals surface area (Å²) in [5.74, 6) is 0.323. The molecule has 0 unspecified atom stereocenters. The summed E-state index contributed by atoms with van der Waals surface area (Å²) in [5, 5.41) is 0. The third-order valence-electron chi connectivity index (χ3n) is 3.67. The average Bonchev–Trinajstić information content (AvgIpc) is 2.79. The van der Waals surface area contributed by atoms with E-state index in [1.807, 2.05) is 16.8 Å². The third kappa shape index (κ3) is 2.59. The van der Waals surface area contributed by atoms with Crippen LogP contribution < -0.4 is 0 Å². The molecule has 0 aliphatic carbocycles. The van der Waals surface area contributed by atoms with Gasteiger partial charge in [-0.1, -0.05) is 29.8 Å². The van der Waals surface area contributed by atoms with Crippen LogP contribution in [-0.4, -0.2) is 9.55 Å². The highest BCUT2D eigenvalue weighted by atomic mass is 79.9. The normalized spacial score (nSPS) is 11.0. The summed E-state index contributed by atoms with van der Waals surface area (Å²) < 4.78 is 16.8. The Bertz CT molecular complexity index is 829. The lowest BCUT2D eigenvalue weighted by Crippen LogP contribution is -2.03. The SMILES string of the molecule is Cc1cc(C)c(-n2cc(Br)nc2-c2ccccc2F)c(C)c1. The molecule has 3 rings (SSSR count). The van der Waals surface area contributed by atoms with Crippen LogP contribution in [0.5, 0.6) is 0 Å². The lowest BCUT2D eigenvalue weighted by Gasteiger charge is -2.15. The van der Waals surface area contributed by atoms with Crippen molar-refractivity contribution in [2.24, 2.45) is 0 Å². The molecule has 4 heteroatoms. The topological polar surface area (TPSA) is 17.8 Å². The molecule has 0 amide bonds. The largest absolute Gasteiger partial charge is 0.298 e. The quantitative estimate of drug-likeness (QED) is 0.602. The molecular weight excluding hydrogens is 343 g/mol. The first-order valence-corrected chi connectivity index (χ1v) is 7.84. The molecule has 0 spiro atoms. The number of imidazole rings is 1. The van der Waals surface area contributed by atoms with Gasteiger partial charge in [0, 0.05) is 6.20 Å². The molecule has 1 heterocycles. The molecule has 0 bridgehead atoms. The summed E-state index contributed by atoms with van der Waals surface area (Å²) in [7, 11) is 0. The van der Waals surface area contributed by atoms with Gasteiger partial charge >= 0.3 is 0 Å². The molecular formula is C18H16BrFN2. The van der Waals surface area contributed by atoms with Crippen molar-refractivity contribution in [2.45, 2.75) is 20.8 Å². The molecule has 112 valence electrons. The Morgan fingerprint density at radius 2 is 1.68 bits per heavy atom. The van der Waals surface area contributed by atoms with Gasteiger partial charge in [0.2, 0.25) is 0 Å². The summed E-state index contributed by atoms with van der Waals surface area (Å²) in [6.45, 7) is 6.20. The molecule has 0 saturated carbocycles. The van der Waals surface area contributed by atoms with E-state index in [4.69, 9.17) is 0 Å². The van der Waals surface area contributed by atoms with Gasteiger partial charge in [0.15, 0.2) is 0 Å². The van der Waals surface area contributed by atoms with Crippen molar-refractivity contribution in [3.63, 3.8) is 0 Å². The van der Waals surface area contributed by atoms with Crippen molar-refractivity contribution >= 4 is 15.9 Å². The van der Waals surface area contributed by atoms with Gasteiger partial charge in [-0.3, -0.25) is 4.57 Å². The van der Waals surface area contributed by atoms with Crippen LogP contribution in [0.2, 0.25) is 0 Å². The molecule has 2 nitrogen and oxygen atoms in total. The monoisotopic (exact) mass is 358 g/mol. The summed E-state index contributed by atoms with van der Waals surface area (Å²) in [6, 6.07) is 11.0. The van der Waals surface area contributed by atoms with E-state index in [1.54, 1.807) is 12.1 Å². The van der Waals surface area contributed by atoms with Gasteiger partial charge in [-0.15, -0.1) is 0 Å². The van der Waals surface area contributed by atoms with Gasteiger partial charge in [-0.05, 0) is 60.0 Å². The number of aromatic nitrogens is 2. The fourth-order valence-electron chi connectivity index (χ4n) is 2.91. The highest BCUT2D eigenvalue weighted by molar-refractivity contribution is 9.10. The van der Waals surface area contributed by atoms with Crippen molar-refractivity contribution in [2.75, 3.05) is 0 Å². The minimum absolute atomic E-state index is 0.274. The van der Waals surface area contributed by atoms with Crippen LogP contribution in [0, 0.1) is 26.6 Å². The van der Waals surface area contributed by atoms with E-state index in [-0.39, 0.29) is 5.82 Å². The van der Waals surface area contributed by atoms with Crippen LogP contribution in [0.4, 0.5) is 4.39 Å². The van der Waals surface area contributed by atoms with E-state index >= 15 is 0 Å². The maximum absolute atomic E-state index is 14.2. The molecule has 0 radical (unpaired) electrons. The summed E-state index contributed by atoms with van der Waals surface area (Å²) >= 11 is 3.41. The second-order valence-corrected chi connectivity index (χ2v) is 6.30. The molecule has 0 aliphatic rings. The highest BCUT2D eigenvalue weighted by Crippen LogP contribution is 2.30. The first-order valence-electron chi connectivity index (χ1n) is 7.05. The zero-order valence-electron chi connectivity index (χ0n) is 12.7. The second-order valence-electron chi connectivity index (χ2n) is 5.48. The molecule has 1 aromatic heterocycles. The molecule has 3 aromatic rings. The van der Waals surface area contributed by atoms with Crippen molar-refractivity contribution in [1.29, 1.82) is 0 Å². The van der Waals surface area contributed by atoms with E-state index in [2.05, 4.69) is 53.8 Å². The van der Waals surface area contributed by atoms with Gasteiger partial charge < -0.3 is 0 Å². The van der Waals surface area contributed by atoms with Crippen molar-refractivity contribution in [3.05, 3.63) is 69.7 Å². The smallest absolute Gasteiger partial charge is 0.148 e. The Balaban J connectivity index is 2.29. The van der Waals surface area contributed by atoms with Gasteiger partial charge in [0.1, 0.15) is 16.2 Å². The predicted octanol–water partition coefficient (Wildman–Crippen LogP) is 5.37. The number of benzene rings is 2. The fraction of sp³-hybridized carbons (Fsp3) is 0.167. The Labute approximate surface area is 137 Å². The Morgan fingerprint density at radius 1 is 1.05 bits per heavy atom. The number of halogens is 2. The van der Waals surface area contributed by atoms with Crippen molar-refractivity contribution in [3.8, 4) is 17.1 Å². The molecule has 22 heavy (non-hydrogen) atoms. The molecule has 0 fully saturated rings. The number of nitrogens with zero attached hydrogens (tertiary/aromatic N) is 2. The zero-order chi connectivity index (χ0) is 15.9. The summed E-state index contributed by atoms with van der Waals surface area (Å²) in [5.41, 5.74) is 5.03. The van der Waals surface area contributed by atoms with Gasteiger partial charge in [-0.2, -0.15) is 0 Å². The first kappa shape index (κ1) is 15.0. The lowest BCUT2D eigenvalue weighted by molar-refractivity contribution is 0.629. The fourth-order valence-corrected chi connectivity index (χ4v) is 3.28. The summed E-state index contributed by atoms with van der Waals surface area (Å²) in [6.07, 6.45) is 1.88. The van der Waals surface area contributed by atoms with E-state index in [1.165, 1.54) is 11.6 Å². The summed E-state index contributed by atoms with van der Waals surface area (Å²) in [4.78, 5) is 4.46. The second kappa shape index (κ2) is 5.69. The van der Waals surface area contributed by atoms with Crippen LogP contribution in [-0.2, 0) is 0 Å². The predicted molar refractivity (Wildman–Crippen MR) is 90.9 cm³/mol. The van der Waals surface area contributed by atoms with Crippen LogP contribution in [0.3, 0.4) is 0 Å². The van der Waals surface area contributed by atoms with Crippen molar-refractivity contribution in [1.82, 2.24) is 9.55 Å². The zero-order valence-corrected chi connectivity index (χ0v) is 14.3. The molecule has 0 atom stereocenters. The highest BCUT2D eigenvalue weighted by Gasteiger charge is 2.16. The first-order chi connectivity index (χ1) is 10.5. The van der Waals surface area contributed by atoms with Gasteiger partial charge in [0.25, 0.3) is 0 Å². The number of hydrogen-bond acceptors (Lipinski definition) is 1. The Hall–Kier alpha value is -1.94. The van der Waals surface area contributed by atoms with E-state index in [0.29, 0.717) is 16.0 Å². The third-order valence-corrected chi connectivity index (χ3v) is 4.05. The molecule has 0 saturated heterocycles. The number of rotatable bonds is 2. The maximum Gasteiger partial charge on any atom is 0.148 e. The molecule has 2 aromatic carbocycles. The minimum atomic E-state index is -0.274. The van der Waals surface area contributed by atoms with Crippen LogP contribution in [0.15, 0.2) is 47.2 Å². The Morgan fingerprint density at radius 3 is 2.32 bits per heavy atom. The molecule has 0 N–H and O–H groups in total. The number of aryl methyl sites for hydroxylation is 3. The van der Waals surface area contributed by atoms with E-state index in [9.17, 15) is 4.39 Å². The lowest BCUT2D eigenvalue weighted by atomic mass is 10.0. The average molecular weight is 359 g/mol. The van der Waals surface area contributed by atoms with Gasteiger partial charge in [-0.25, -0.2) is 9.37 Å². The van der Waals surface area contributed by atoms with Crippen LogP contribution >= 0.6 is 15.9 Å². The standard InChI is InChI=1S/C18H16BrFN2/c1-11-8-12(2)17(13(3)9-11)22-10-16(19)21-18(22)14-6-4-5-7-15(14)20/h4-10H,1-3H3. The minimum Gasteiger partial charge on any atom is -0.298 e. The van der Waals surface area contributed by atoms with Gasteiger partial charge in [0.05, 0.1) is 11.3 Å². The number of hydrogen-bond donors (Lipinski definition) is 0. The van der Waals surface area contributed by atoms with Crippen molar-refractivity contribution < 1.29 is 4.39 Å². The maximum atomic E-state index is 14.2. The van der Waals surface area contributed by atoms with Crippen LogP contribution in [0.25, 0.3) is 17.1 Å². The molecule has 0 aliphatic heterocycles. The van der Waals surface area contributed by atoms with E-state index < -0.39 is 0 Å².